The van der Waals surface area contributed by atoms with Crippen molar-refractivity contribution in [2.45, 2.75) is 33.2 Å². The molecule has 1 atom stereocenters. The molecule has 0 fully saturated rings. The van der Waals surface area contributed by atoms with Crippen molar-refractivity contribution in [2.75, 3.05) is 20.2 Å². The summed E-state index contributed by atoms with van der Waals surface area (Å²) >= 11 is 0. The van der Waals surface area contributed by atoms with E-state index in [2.05, 4.69) is 23.3 Å². The first-order valence-corrected chi connectivity index (χ1v) is 8.64. The molecule has 132 valence electrons. The Bertz CT molecular complexity index is 790. The molecule has 0 bridgehead atoms. The van der Waals surface area contributed by atoms with Crippen LogP contribution in [0.5, 0.6) is 5.75 Å². The molecule has 1 aromatic carbocycles. The van der Waals surface area contributed by atoms with Gasteiger partial charge in [-0.1, -0.05) is 18.2 Å². The second-order valence-corrected chi connectivity index (χ2v) is 6.54. The van der Waals surface area contributed by atoms with E-state index >= 15 is 0 Å². The zero-order chi connectivity index (χ0) is 18.0. The van der Waals surface area contributed by atoms with Crippen molar-refractivity contribution in [1.82, 2.24) is 14.7 Å². The Hall–Kier alpha value is -2.56. The molecule has 0 saturated heterocycles. The number of benzene rings is 1. The highest BCUT2D eigenvalue weighted by Crippen LogP contribution is 2.25. The highest BCUT2D eigenvalue weighted by molar-refractivity contribution is 5.81. The fraction of sp³-hybridized carbons (Fsp3) is 0.400. The SMILES string of the molecule is COc1ccc(C2=CCN(C(=O)C(C)n3nc(C)cc3C)CC2)cc1. The average Bonchev–Trinajstić information content (AvgIpc) is 2.99. The molecular formula is C20H25N3O2. The summed E-state index contributed by atoms with van der Waals surface area (Å²) < 4.78 is 7.02. The maximum atomic E-state index is 12.8. The van der Waals surface area contributed by atoms with Crippen LogP contribution in [0.3, 0.4) is 0 Å². The fourth-order valence-electron chi connectivity index (χ4n) is 3.34. The minimum atomic E-state index is -0.273. The number of carbonyl (C=O) groups is 1. The van der Waals surface area contributed by atoms with Gasteiger partial charge in [-0.3, -0.25) is 9.48 Å². The highest BCUT2D eigenvalue weighted by atomic mass is 16.5. The highest BCUT2D eigenvalue weighted by Gasteiger charge is 2.25. The zero-order valence-electron chi connectivity index (χ0n) is 15.3. The first-order chi connectivity index (χ1) is 12.0. The molecule has 1 aliphatic heterocycles. The van der Waals surface area contributed by atoms with E-state index in [9.17, 15) is 4.79 Å². The van der Waals surface area contributed by atoms with E-state index < -0.39 is 0 Å². The molecule has 0 spiro atoms. The van der Waals surface area contributed by atoms with Gasteiger partial charge in [-0.25, -0.2) is 0 Å². The molecule has 2 aromatic rings. The molecule has 1 unspecified atom stereocenters. The monoisotopic (exact) mass is 339 g/mol. The maximum Gasteiger partial charge on any atom is 0.247 e. The summed E-state index contributed by atoms with van der Waals surface area (Å²) in [6.45, 7) is 7.24. The number of hydrogen-bond acceptors (Lipinski definition) is 3. The Balaban J connectivity index is 1.68. The van der Waals surface area contributed by atoms with Crippen molar-refractivity contribution in [1.29, 1.82) is 0 Å². The van der Waals surface area contributed by atoms with Gasteiger partial charge in [0.25, 0.3) is 0 Å². The van der Waals surface area contributed by atoms with Crippen molar-refractivity contribution < 1.29 is 9.53 Å². The number of rotatable bonds is 4. The van der Waals surface area contributed by atoms with E-state index in [-0.39, 0.29) is 11.9 Å². The van der Waals surface area contributed by atoms with Crippen LogP contribution in [0.15, 0.2) is 36.4 Å². The van der Waals surface area contributed by atoms with Crippen LogP contribution < -0.4 is 4.74 Å². The van der Waals surface area contributed by atoms with E-state index in [4.69, 9.17) is 4.74 Å². The summed E-state index contributed by atoms with van der Waals surface area (Å²) in [5, 5.41) is 4.45. The van der Waals surface area contributed by atoms with Crippen molar-refractivity contribution in [3.8, 4) is 5.75 Å². The lowest BCUT2D eigenvalue weighted by molar-refractivity contribution is -0.134. The normalized spacial score (nSPS) is 15.7. The summed E-state index contributed by atoms with van der Waals surface area (Å²) in [7, 11) is 1.67. The zero-order valence-corrected chi connectivity index (χ0v) is 15.3. The van der Waals surface area contributed by atoms with Gasteiger partial charge in [0.2, 0.25) is 5.91 Å². The molecule has 1 aromatic heterocycles. The number of amides is 1. The minimum Gasteiger partial charge on any atom is -0.497 e. The number of aryl methyl sites for hydroxylation is 2. The molecule has 1 amide bonds. The van der Waals surface area contributed by atoms with Crippen molar-refractivity contribution in [2.24, 2.45) is 0 Å². The first-order valence-electron chi connectivity index (χ1n) is 8.64. The summed E-state index contributed by atoms with van der Waals surface area (Å²) in [5.74, 6) is 0.979. The third-order valence-electron chi connectivity index (χ3n) is 4.75. The predicted molar refractivity (Wildman–Crippen MR) is 98.6 cm³/mol. The largest absolute Gasteiger partial charge is 0.497 e. The van der Waals surface area contributed by atoms with Crippen LogP contribution in [0, 0.1) is 13.8 Å². The second-order valence-electron chi connectivity index (χ2n) is 6.54. The van der Waals surface area contributed by atoms with Crippen molar-refractivity contribution in [3.63, 3.8) is 0 Å². The third-order valence-corrected chi connectivity index (χ3v) is 4.75. The van der Waals surface area contributed by atoms with Crippen LogP contribution in [-0.2, 0) is 4.79 Å². The van der Waals surface area contributed by atoms with E-state index in [1.54, 1.807) is 7.11 Å². The van der Waals surface area contributed by atoms with Crippen LogP contribution in [-0.4, -0.2) is 40.8 Å². The van der Waals surface area contributed by atoms with Gasteiger partial charge in [0.15, 0.2) is 0 Å². The van der Waals surface area contributed by atoms with Crippen molar-refractivity contribution in [3.05, 3.63) is 53.4 Å². The number of aromatic nitrogens is 2. The summed E-state index contributed by atoms with van der Waals surface area (Å²) in [5.41, 5.74) is 4.44. The predicted octanol–water partition coefficient (Wildman–Crippen LogP) is 3.39. The van der Waals surface area contributed by atoms with Crippen LogP contribution in [0.2, 0.25) is 0 Å². The smallest absolute Gasteiger partial charge is 0.247 e. The van der Waals surface area contributed by atoms with Gasteiger partial charge in [0, 0.05) is 18.8 Å². The molecule has 0 aliphatic carbocycles. The molecule has 0 saturated carbocycles. The van der Waals surface area contributed by atoms with E-state index in [1.807, 2.05) is 48.6 Å². The van der Waals surface area contributed by atoms with Gasteiger partial charge < -0.3 is 9.64 Å². The Morgan fingerprint density at radius 1 is 1.24 bits per heavy atom. The van der Waals surface area contributed by atoms with E-state index in [1.165, 1.54) is 11.1 Å². The molecular weight excluding hydrogens is 314 g/mol. The quantitative estimate of drug-likeness (QED) is 0.858. The number of carbonyl (C=O) groups excluding carboxylic acids is 1. The molecule has 0 radical (unpaired) electrons. The molecule has 1 aliphatic rings. The molecule has 25 heavy (non-hydrogen) atoms. The molecule has 5 heteroatoms. The van der Waals surface area contributed by atoms with Gasteiger partial charge in [0.05, 0.1) is 12.8 Å². The number of nitrogens with zero attached hydrogens (tertiary/aromatic N) is 3. The van der Waals surface area contributed by atoms with Gasteiger partial charge >= 0.3 is 0 Å². The minimum absolute atomic E-state index is 0.122. The van der Waals surface area contributed by atoms with E-state index in [0.29, 0.717) is 6.54 Å². The Kier molecular flexibility index (Phi) is 4.93. The summed E-state index contributed by atoms with van der Waals surface area (Å²) in [4.78, 5) is 14.7. The molecule has 3 rings (SSSR count). The Morgan fingerprint density at radius 2 is 1.96 bits per heavy atom. The Morgan fingerprint density at radius 3 is 2.48 bits per heavy atom. The van der Waals surface area contributed by atoms with Gasteiger partial charge in [-0.05, 0) is 56.5 Å². The summed E-state index contributed by atoms with van der Waals surface area (Å²) in [6, 6.07) is 9.81. The number of methoxy groups -OCH3 is 1. The lowest BCUT2D eigenvalue weighted by atomic mass is 9.99. The topological polar surface area (TPSA) is 47.4 Å². The van der Waals surface area contributed by atoms with Crippen LogP contribution in [0.4, 0.5) is 0 Å². The Labute approximate surface area is 148 Å². The second kappa shape index (κ2) is 7.13. The fourth-order valence-corrected chi connectivity index (χ4v) is 3.34. The lowest BCUT2D eigenvalue weighted by Crippen LogP contribution is -2.39. The van der Waals surface area contributed by atoms with Gasteiger partial charge in [0.1, 0.15) is 11.8 Å². The molecule has 2 heterocycles. The first kappa shape index (κ1) is 17.3. The van der Waals surface area contributed by atoms with Crippen LogP contribution in [0.25, 0.3) is 5.57 Å². The van der Waals surface area contributed by atoms with Gasteiger partial charge in [-0.15, -0.1) is 0 Å². The number of ether oxygens (including phenoxy) is 1. The maximum absolute atomic E-state index is 12.8. The van der Waals surface area contributed by atoms with E-state index in [0.717, 1.165) is 30.1 Å². The van der Waals surface area contributed by atoms with Crippen LogP contribution >= 0.6 is 0 Å². The number of hydrogen-bond donors (Lipinski definition) is 0. The third kappa shape index (κ3) is 3.60. The van der Waals surface area contributed by atoms with Crippen LogP contribution in [0.1, 0.15) is 36.3 Å². The molecule has 5 nitrogen and oxygen atoms in total. The molecule has 0 N–H and O–H groups in total. The average molecular weight is 339 g/mol. The lowest BCUT2D eigenvalue weighted by Gasteiger charge is -2.29. The van der Waals surface area contributed by atoms with Crippen molar-refractivity contribution >= 4 is 11.5 Å². The summed E-state index contributed by atoms with van der Waals surface area (Å²) in [6.07, 6.45) is 3.01. The standard InChI is InChI=1S/C20H25N3O2/c1-14-13-15(2)23(21-14)16(3)20(24)22-11-9-18(10-12-22)17-5-7-19(25-4)8-6-17/h5-9,13,16H,10-12H2,1-4H3. The van der Waals surface area contributed by atoms with Gasteiger partial charge in [-0.2, -0.15) is 5.10 Å².